The summed E-state index contributed by atoms with van der Waals surface area (Å²) in [6.45, 7) is -0.348. The van der Waals surface area contributed by atoms with Gasteiger partial charge in [-0.2, -0.15) is 13.2 Å². The molecule has 112 valence electrons. The molecule has 1 aromatic heterocycles. The first-order chi connectivity index (χ1) is 9.86. The van der Waals surface area contributed by atoms with Gasteiger partial charge in [0.05, 0.1) is 18.3 Å². The van der Waals surface area contributed by atoms with Gasteiger partial charge >= 0.3 is 12.1 Å². The molecule has 2 rings (SSSR count). The van der Waals surface area contributed by atoms with Gasteiger partial charge in [-0.15, -0.1) is 5.10 Å². The molecular weight excluding hydrogens is 289 g/mol. The number of carbonyl (C=O) groups is 1. The van der Waals surface area contributed by atoms with Gasteiger partial charge in [-0.3, -0.25) is 4.79 Å². The number of para-hydroxylation sites is 1. The van der Waals surface area contributed by atoms with Gasteiger partial charge in [0.2, 0.25) is 0 Å². The van der Waals surface area contributed by atoms with Crippen LogP contribution in [0.15, 0.2) is 30.5 Å². The molecule has 0 radical (unpaired) electrons. The van der Waals surface area contributed by atoms with Crippen LogP contribution in [0.4, 0.5) is 18.9 Å². The summed E-state index contributed by atoms with van der Waals surface area (Å²) in [5.41, 5.74) is -0.506. The molecule has 0 bridgehead atoms. The van der Waals surface area contributed by atoms with Crippen molar-refractivity contribution in [1.82, 2.24) is 15.0 Å². The number of hydrogen-bond acceptors (Lipinski definition) is 4. The number of benzene rings is 1. The largest absolute Gasteiger partial charge is 0.480 e. The van der Waals surface area contributed by atoms with Gasteiger partial charge < -0.3 is 10.4 Å². The van der Waals surface area contributed by atoms with E-state index in [1.165, 1.54) is 24.4 Å². The van der Waals surface area contributed by atoms with E-state index in [4.69, 9.17) is 5.11 Å². The fraction of sp³-hybridized carbons (Fsp3) is 0.250. The van der Waals surface area contributed by atoms with Crippen molar-refractivity contribution in [2.24, 2.45) is 0 Å². The maximum absolute atomic E-state index is 12.8. The van der Waals surface area contributed by atoms with Crippen molar-refractivity contribution in [3.05, 3.63) is 41.7 Å². The molecule has 1 heterocycles. The monoisotopic (exact) mass is 300 g/mol. The predicted molar refractivity (Wildman–Crippen MR) is 66.4 cm³/mol. The predicted octanol–water partition coefficient (Wildman–Crippen LogP) is 1.99. The maximum Gasteiger partial charge on any atom is 0.418 e. The summed E-state index contributed by atoms with van der Waals surface area (Å²) in [4.78, 5) is 10.5. The van der Waals surface area contributed by atoms with E-state index < -0.39 is 17.7 Å². The minimum atomic E-state index is -4.45. The second-order valence-electron chi connectivity index (χ2n) is 4.20. The number of halogens is 3. The molecule has 6 nitrogen and oxygen atoms in total. The molecule has 21 heavy (non-hydrogen) atoms. The number of carboxylic acid groups (broad SMARTS) is 1. The summed E-state index contributed by atoms with van der Waals surface area (Å²) in [6, 6.07) is 5.07. The lowest BCUT2D eigenvalue weighted by atomic mass is 10.1. The Morgan fingerprint density at radius 1 is 1.33 bits per heavy atom. The minimum absolute atomic E-state index is 0.00666. The Hall–Kier alpha value is -2.58. The van der Waals surface area contributed by atoms with Crippen LogP contribution >= 0.6 is 0 Å². The second kappa shape index (κ2) is 5.81. The first kappa shape index (κ1) is 14.8. The number of carboxylic acids is 1. The SMILES string of the molecule is O=C(O)Cn1cc(CNc2ccccc2C(F)(F)F)nn1. The standard InChI is InChI=1S/C12H11F3N4O2/c13-12(14,15)9-3-1-2-4-10(9)16-5-8-6-19(18-17-8)7-11(20)21/h1-4,6,16H,5,7H2,(H,20,21). The highest BCUT2D eigenvalue weighted by Crippen LogP contribution is 2.34. The Morgan fingerprint density at radius 3 is 2.71 bits per heavy atom. The molecule has 0 aliphatic rings. The quantitative estimate of drug-likeness (QED) is 0.882. The first-order valence-electron chi connectivity index (χ1n) is 5.87. The molecule has 0 saturated carbocycles. The fourth-order valence-corrected chi connectivity index (χ4v) is 1.71. The van der Waals surface area contributed by atoms with Gasteiger partial charge in [0, 0.05) is 5.69 Å². The molecule has 0 amide bonds. The molecule has 2 aromatic rings. The summed E-state index contributed by atoms with van der Waals surface area (Å²) in [6.07, 6.45) is -3.10. The fourth-order valence-electron chi connectivity index (χ4n) is 1.71. The number of nitrogens with one attached hydrogen (secondary N) is 1. The Morgan fingerprint density at radius 2 is 2.05 bits per heavy atom. The summed E-state index contributed by atoms with van der Waals surface area (Å²) in [5, 5.41) is 18.4. The molecule has 0 fully saturated rings. The van der Waals surface area contributed by atoms with Crippen LogP contribution in [0, 0.1) is 0 Å². The highest BCUT2D eigenvalue weighted by molar-refractivity contribution is 5.66. The minimum Gasteiger partial charge on any atom is -0.480 e. The lowest BCUT2D eigenvalue weighted by Gasteiger charge is -2.13. The maximum atomic E-state index is 12.8. The highest BCUT2D eigenvalue weighted by atomic mass is 19.4. The van der Waals surface area contributed by atoms with Gasteiger partial charge in [-0.1, -0.05) is 17.3 Å². The van der Waals surface area contributed by atoms with Crippen LogP contribution in [0.25, 0.3) is 0 Å². The van der Waals surface area contributed by atoms with Gasteiger partial charge in [0.25, 0.3) is 0 Å². The van der Waals surface area contributed by atoms with Crippen molar-refractivity contribution in [1.29, 1.82) is 0 Å². The zero-order valence-electron chi connectivity index (χ0n) is 10.6. The zero-order valence-corrected chi connectivity index (χ0v) is 10.6. The molecule has 0 spiro atoms. The molecule has 2 N–H and O–H groups in total. The number of aromatic nitrogens is 3. The third-order valence-electron chi connectivity index (χ3n) is 2.58. The van der Waals surface area contributed by atoms with Gasteiger partial charge in [0.1, 0.15) is 12.2 Å². The zero-order chi connectivity index (χ0) is 15.5. The third-order valence-corrected chi connectivity index (χ3v) is 2.58. The van der Waals surface area contributed by atoms with Crippen molar-refractivity contribution in [2.75, 3.05) is 5.32 Å². The normalized spacial score (nSPS) is 11.4. The molecule has 0 atom stereocenters. The van der Waals surface area contributed by atoms with Crippen molar-refractivity contribution >= 4 is 11.7 Å². The summed E-state index contributed by atoms with van der Waals surface area (Å²) < 4.78 is 39.4. The van der Waals surface area contributed by atoms with Crippen LogP contribution in [0.3, 0.4) is 0 Å². The van der Waals surface area contributed by atoms with Crippen molar-refractivity contribution in [2.45, 2.75) is 19.3 Å². The molecule has 1 aromatic carbocycles. The number of aliphatic carboxylic acids is 1. The Kier molecular flexibility index (Phi) is 4.10. The average Bonchev–Trinajstić information content (AvgIpc) is 2.82. The van der Waals surface area contributed by atoms with Crippen molar-refractivity contribution in [3.63, 3.8) is 0 Å². The van der Waals surface area contributed by atoms with E-state index in [0.29, 0.717) is 5.69 Å². The highest BCUT2D eigenvalue weighted by Gasteiger charge is 2.33. The Balaban J connectivity index is 2.07. The van der Waals surface area contributed by atoms with Gasteiger partial charge in [0.15, 0.2) is 0 Å². The number of anilines is 1. The van der Waals surface area contributed by atoms with E-state index in [1.807, 2.05) is 0 Å². The number of alkyl halides is 3. The smallest absolute Gasteiger partial charge is 0.418 e. The van der Waals surface area contributed by atoms with Crippen molar-refractivity contribution in [3.8, 4) is 0 Å². The topological polar surface area (TPSA) is 80.0 Å². The Bertz CT molecular complexity index is 639. The molecule has 0 saturated heterocycles. The van der Waals surface area contributed by atoms with Crippen LogP contribution in [-0.4, -0.2) is 26.1 Å². The number of hydrogen-bond donors (Lipinski definition) is 2. The summed E-state index contributed by atoms with van der Waals surface area (Å²) in [5.74, 6) is -1.08. The molecule has 0 aliphatic carbocycles. The van der Waals surface area contributed by atoms with Crippen molar-refractivity contribution < 1.29 is 23.1 Å². The second-order valence-corrected chi connectivity index (χ2v) is 4.20. The van der Waals surface area contributed by atoms with E-state index in [1.54, 1.807) is 0 Å². The number of rotatable bonds is 5. The Labute approximate surface area is 117 Å². The summed E-state index contributed by atoms with van der Waals surface area (Å²) >= 11 is 0. The van der Waals surface area contributed by atoms with Gasteiger partial charge in [-0.05, 0) is 12.1 Å². The lowest BCUT2D eigenvalue weighted by Crippen LogP contribution is -2.11. The van der Waals surface area contributed by atoms with E-state index in [-0.39, 0.29) is 18.8 Å². The number of nitrogens with zero attached hydrogens (tertiary/aromatic N) is 3. The average molecular weight is 300 g/mol. The molecule has 9 heteroatoms. The van der Waals surface area contributed by atoms with Crippen LogP contribution in [0.1, 0.15) is 11.3 Å². The lowest BCUT2D eigenvalue weighted by molar-refractivity contribution is -0.138. The molecular formula is C12H11F3N4O2. The van der Waals surface area contributed by atoms with E-state index in [9.17, 15) is 18.0 Å². The van der Waals surface area contributed by atoms with Crippen LogP contribution in [0.5, 0.6) is 0 Å². The first-order valence-corrected chi connectivity index (χ1v) is 5.87. The molecule has 0 aliphatic heterocycles. The van der Waals surface area contributed by atoms with E-state index >= 15 is 0 Å². The van der Waals surface area contributed by atoms with E-state index in [2.05, 4.69) is 15.6 Å². The van der Waals surface area contributed by atoms with Gasteiger partial charge in [-0.25, -0.2) is 4.68 Å². The molecule has 0 unspecified atom stereocenters. The van der Waals surface area contributed by atoms with Crippen LogP contribution in [0.2, 0.25) is 0 Å². The van der Waals surface area contributed by atoms with Crippen LogP contribution in [-0.2, 0) is 24.1 Å². The van der Waals surface area contributed by atoms with Crippen LogP contribution < -0.4 is 5.32 Å². The van der Waals surface area contributed by atoms with E-state index in [0.717, 1.165) is 10.7 Å². The summed E-state index contributed by atoms with van der Waals surface area (Å²) in [7, 11) is 0. The third kappa shape index (κ3) is 3.94.